The molecular formula is C15H10FN3O2. The lowest BCUT2D eigenvalue weighted by molar-refractivity contribution is 0.162. The number of carbonyl (C=O) groups is 1. The lowest BCUT2D eigenvalue weighted by Gasteiger charge is -2.13. The third-order valence-electron chi connectivity index (χ3n) is 3.21. The number of nitrogens with zero attached hydrogens (tertiary/aromatic N) is 3. The lowest BCUT2D eigenvalue weighted by Crippen LogP contribution is -2.24. The third kappa shape index (κ3) is 2.41. The largest absolute Gasteiger partial charge is 0.428 e. The normalized spacial score (nSPS) is 17.4. The number of rotatable bonds is 2. The van der Waals surface area contributed by atoms with Crippen molar-refractivity contribution < 1.29 is 13.9 Å². The van der Waals surface area contributed by atoms with Gasteiger partial charge in [0.15, 0.2) is 0 Å². The minimum atomic E-state index is -0.819. The Hall–Kier alpha value is -2.94. The maximum Gasteiger partial charge on any atom is 0.415 e. The highest BCUT2D eigenvalue weighted by Crippen LogP contribution is 2.28. The first-order chi connectivity index (χ1) is 10.2. The quantitative estimate of drug-likeness (QED) is 0.850. The van der Waals surface area contributed by atoms with Crippen LogP contribution in [0.5, 0.6) is 0 Å². The van der Waals surface area contributed by atoms with Crippen LogP contribution in [0.2, 0.25) is 0 Å². The number of carbonyl (C=O) groups excluding carboxylic acids is 1. The van der Waals surface area contributed by atoms with Gasteiger partial charge < -0.3 is 4.74 Å². The minimum absolute atomic E-state index is 0.101. The van der Waals surface area contributed by atoms with Gasteiger partial charge in [-0.1, -0.05) is 0 Å². The Bertz CT molecular complexity index is 727. The van der Waals surface area contributed by atoms with E-state index in [0.717, 1.165) is 0 Å². The van der Waals surface area contributed by atoms with Crippen molar-refractivity contribution in [3.05, 3.63) is 48.5 Å². The van der Waals surface area contributed by atoms with Gasteiger partial charge in [-0.3, -0.25) is 9.88 Å². The molecule has 1 fully saturated rings. The predicted octanol–water partition coefficient (Wildman–Crippen LogP) is 2.74. The van der Waals surface area contributed by atoms with Crippen LogP contribution in [0.15, 0.2) is 42.7 Å². The second kappa shape index (κ2) is 5.21. The van der Waals surface area contributed by atoms with Crippen molar-refractivity contribution in [3.8, 4) is 17.2 Å². The molecule has 104 valence electrons. The van der Waals surface area contributed by atoms with E-state index in [1.54, 1.807) is 36.7 Å². The molecule has 6 heteroatoms. The predicted molar refractivity (Wildman–Crippen MR) is 72.9 cm³/mol. The molecule has 2 aromatic rings. The van der Waals surface area contributed by atoms with Crippen LogP contribution in [-0.2, 0) is 4.74 Å². The average Bonchev–Trinajstić information content (AvgIpc) is 2.89. The molecule has 2 heterocycles. The van der Waals surface area contributed by atoms with E-state index in [0.29, 0.717) is 16.8 Å². The lowest BCUT2D eigenvalue weighted by atomic mass is 10.1. The smallest absolute Gasteiger partial charge is 0.415 e. The van der Waals surface area contributed by atoms with Crippen LogP contribution in [0.1, 0.15) is 0 Å². The van der Waals surface area contributed by atoms with E-state index in [1.165, 1.54) is 11.0 Å². The summed E-state index contributed by atoms with van der Waals surface area (Å²) in [7, 11) is 0. The van der Waals surface area contributed by atoms with Gasteiger partial charge >= 0.3 is 6.09 Å². The number of benzene rings is 1. The van der Waals surface area contributed by atoms with Crippen LogP contribution in [0, 0.1) is 17.1 Å². The molecule has 1 aliphatic rings. The van der Waals surface area contributed by atoms with Crippen molar-refractivity contribution >= 4 is 11.8 Å². The van der Waals surface area contributed by atoms with Gasteiger partial charge in [-0.25, -0.2) is 9.18 Å². The maximum atomic E-state index is 14.2. The number of amides is 1. The van der Waals surface area contributed by atoms with Crippen molar-refractivity contribution in [2.45, 2.75) is 6.10 Å². The zero-order valence-electron chi connectivity index (χ0n) is 10.9. The number of nitriles is 1. The Kier molecular flexibility index (Phi) is 3.24. The highest BCUT2D eigenvalue weighted by Gasteiger charge is 2.32. The second-order valence-electron chi connectivity index (χ2n) is 4.51. The Balaban J connectivity index is 1.92. The van der Waals surface area contributed by atoms with Crippen molar-refractivity contribution in [2.75, 3.05) is 11.4 Å². The molecular weight excluding hydrogens is 273 g/mol. The summed E-state index contributed by atoms with van der Waals surface area (Å²) in [5.41, 5.74) is 1.49. The van der Waals surface area contributed by atoms with Crippen molar-refractivity contribution in [3.63, 3.8) is 0 Å². The zero-order chi connectivity index (χ0) is 14.8. The van der Waals surface area contributed by atoms with Crippen molar-refractivity contribution in [2.24, 2.45) is 0 Å². The topological polar surface area (TPSA) is 66.2 Å². The van der Waals surface area contributed by atoms with Crippen LogP contribution in [0.3, 0.4) is 0 Å². The number of hydrogen-bond acceptors (Lipinski definition) is 4. The Labute approximate surface area is 120 Å². The van der Waals surface area contributed by atoms with Gasteiger partial charge in [-0.05, 0) is 35.9 Å². The molecule has 0 N–H and O–H groups in total. The molecule has 1 saturated heterocycles. The maximum absolute atomic E-state index is 14.2. The van der Waals surface area contributed by atoms with Gasteiger partial charge in [0.1, 0.15) is 11.9 Å². The number of aromatic nitrogens is 1. The van der Waals surface area contributed by atoms with Gasteiger partial charge in [-0.2, -0.15) is 5.26 Å². The summed E-state index contributed by atoms with van der Waals surface area (Å²) in [5, 5.41) is 8.76. The van der Waals surface area contributed by atoms with Gasteiger partial charge in [0, 0.05) is 18.0 Å². The number of ether oxygens (including phenoxy) is 1. The number of halogens is 1. The fourth-order valence-corrected chi connectivity index (χ4v) is 2.18. The first-order valence-corrected chi connectivity index (χ1v) is 6.27. The molecule has 1 aromatic heterocycles. The number of hydrogen-bond donors (Lipinski definition) is 0. The fraction of sp³-hybridized carbons (Fsp3) is 0.133. The monoisotopic (exact) mass is 283 g/mol. The van der Waals surface area contributed by atoms with E-state index in [2.05, 4.69) is 4.98 Å². The summed E-state index contributed by atoms with van der Waals surface area (Å²) < 4.78 is 19.1. The van der Waals surface area contributed by atoms with Gasteiger partial charge in [0.25, 0.3) is 0 Å². The van der Waals surface area contributed by atoms with E-state index in [1.807, 2.05) is 6.07 Å². The van der Waals surface area contributed by atoms with E-state index < -0.39 is 18.0 Å². The van der Waals surface area contributed by atoms with Crippen LogP contribution >= 0.6 is 0 Å². The standard InChI is InChI=1S/C15H10FN3O2/c16-14-7-11(19-9-12(8-17)21-15(19)20)1-2-13(14)10-3-5-18-6-4-10/h1-7,12H,9H2/t12-/m0/s1. The third-order valence-corrected chi connectivity index (χ3v) is 3.21. The summed E-state index contributed by atoms with van der Waals surface area (Å²) in [5.74, 6) is -0.452. The molecule has 0 spiro atoms. The van der Waals surface area contributed by atoms with Crippen molar-refractivity contribution in [1.82, 2.24) is 4.98 Å². The van der Waals surface area contributed by atoms with E-state index in [4.69, 9.17) is 10.00 Å². The molecule has 0 aliphatic carbocycles. The highest BCUT2D eigenvalue weighted by molar-refractivity contribution is 5.90. The first-order valence-electron chi connectivity index (χ1n) is 6.27. The minimum Gasteiger partial charge on any atom is -0.428 e. The molecule has 0 saturated carbocycles. The molecule has 3 rings (SSSR count). The Morgan fingerprint density at radius 2 is 2.10 bits per heavy atom. The molecule has 1 aromatic carbocycles. The van der Waals surface area contributed by atoms with Gasteiger partial charge in [0.2, 0.25) is 6.10 Å². The molecule has 21 heavy (non-hydrogen) atoms. The van der Waals surface area contributed by atoms with E-state index in [9.17, 15) is 9.18 Å². The number of cyclic esters (lactones) is 1. The van der Waals surface area contributed by atoms with Crippen molar-refractivity contribution in [1.29, 1.82) is 5.26 Å². The zero-order valence-corrected chi connectivity index (χ0v) is 10.9. The molecule has 1 atom stereocenters. The first kappa shape index (κ1) is 13.1. The summed E-state index contributed by atoms with van der Waals surface area (Å²) >= 11 is 0. The van der Waals surface area contributed by atoms with Gasteiger partial charge in [-0.15, -0.1) is 0 Å². The van der Waals surface area contributed by atoms with E-state index >= 15 is 0 Å². The van der Waals surface area contributed by atoms with E-state index in [-0.39, 0.29) is 6.54 Å². The average molecular weight is 283 g/mol. The Morgan fingerprint density at radius 1 is 1.33 bits per heavy atom. The van der Waals surface area contributed by atoms with Crippen LogP contribution in [0.4, 0.5) is 14.9 Å². The number of pyridine rings is 1. The van der Waals surface area contributed by atoms with Crippen LogP contribution < -0.4 is 4.90 Å². The van der Waals surface area contributed by atoms with Crippen LogP contribution in [0.25, 0.3) is 11.1 Å². The summed E-state index contributed by atoms with van der Waals surface area (Å²) in [6, 6.07) is 9.74. The molecule has 5 nitrogen and oxygen atoms in total. The highest BCUT2D eigenvalue weighted by atomic mass is 19.1. The van der Waals surface area contributed by atoms with Gasteiger partial charge in [0.05, 0.1) is 12.2 Å². The molecule has 1 amide bonds. The number of anilines is 1. The molecule has 0 radical (unpaired) electrons. The summed E-state index contributed by atoms with van der Waals surface area (Å²) in [6.45, 7) is 0.101. The molecule has 0 bridgehead atoms. The van der Waals surface area contributed by atoms with Crippen LogP contribution in [-0.4, -0.2) is 23.7 Å². The SMILES string of the molecule is N#C[C@H]1CN(c2ccc(-c3ccncc3)c(F)c2)C(=O)O1. The fourth-order valence-electron chi connectivity index (χ4n) is 2.18. The molecule has 1 aliphatic heterocycles. The summed E-state index contributed by atoms with van der Waals surface area (Å²) in [4.78, 5) is 16.8. The summed E-state index contributed by atoms with van der Waals surface area (Å²) in [6.07, 6.45) is 1.70. The molecule has 0 unspecified atom stereocenters. The Morgan fingerprint density at radius 3 is 2.71 bits per heavy atom. The second-order valence-corrected chi connectivity index (χ2v) is 4.51.